The Morgan fingerprint density at radius 2 is 1.83 bits per heavy atom. The Morgan fingerprint density at radius 3 is 2.33 bits per heavy atom. The molecular weight excluding hydrogens is 222 g/mol. The smallest absolute Gasteiger partial charge is 0.188 e. The van der Waals surface area contributed by atoms with Gasteiger partial charge in [0.2, 0.25) is 0 Å². The van der Waals surface area contributed by atoms with E-state index in [1.807, 2.05) is 0 Å². The maximum atomic E-state index is 5.75. The van der Waals surface area contributed by atoms with E-state index in [-0.39, 0.29) is 5.41 Å². The van der Waals surface area contributed by atoms with Gasteiger partial charge in [0.25, 0.3) is 0 Å². The minimum atomic E-state index is 0.198. The molecule has 100 valence electrons. The van der Waals surface area contributed by atoms with Gasteiger partial charge in [-0.3, -0.25) is 0 Å². The molecule has 1 aromatic rings. The number of benzene rings is 1. The number of nitrogens with zero attached hydrogens (tertiary/aromatic N) is 1. The maximum absolute atomic E-state index is 5.75. The second kappa shape index (κ2) is 6.43. The van der Waals surface area contributed by atoms with Gasteiger partial charge in [-0.05, 0) is 23.0 Å². The first-order valence-corrected chi connectivity index (χ1v) is 6.56. The molecule has 3 nitrogen and oxygen atoms in total. The summed E-state index contributed by atoms with van der Waals surface area (Å²) in [6.07, 6.45) is 1.05. The molecule has 1 aromatic carbocycles. The average Bonchev–Trinajstić information content (AvgIpc) is 2.33. The van der Waals surface area contributed by atoms with E-state index >= 15 is 0 Å². The largest absolute Gasteiger partial charge is 0.370 e. The lowest BCUT2D eigenvalue weighted by Gasteiger charge is -2.18. The third kappa shape index (κ3) is 4.78. The van der Waals surface area contributed by atoms with Gasteiger partial charge in [-0.25, -0.2) is 4.99 Å². The van der Waals surface area contributed by atoms with Crippen LogP contribution >= 0.6 is 0 Å². The standard InChI is InChI=1S/C15H25N3/c1-5-10-17-14(16)18-11-12-6-8-13(9-7-12)15(2,3)4/h6-9H,5,10-11H2,1-4H3,(H3,16,17,18). The van der Waals surface area contributed by atoms with Gasteiger partial charge in [-0.2, -0.15) is 0 Å². The van der Waals surface area contributed by atoms with Crippen molar-refractivity contribution in [3.05, 3.63) is 35.4 Å². The molecule has 0 heterocycles. The lowest BCUT2D eigenvalue weighted by molar-refractivity contribution is 0.590. The molecule has 0 atom stereocenters. The van der Waals surface area contributed by atoms with E-state index in [1.165, 1.54) is 11.1 Å². The van der Waals surface area contributed by atoms with Crippen LogP contribution in [0.15, 0.2) is 29.3 Å². The van der Waals surface area contributed by atoms with Gasteiger partial charge >= 0.3 is 0 Å². The van der Waals surface area contributed by atoms with Crippen LogP contribution in [0.3, 0.4) is 0 Å². The molecule has 0 aliphatic carbocycles. The van der Waals surface area contributed by atoms with Crippen LogP contribution in [0.2, 0.25) is 0 Å². The summed E-state index contributed by atoms with van der Waals surface area (Å²) in [4.78, 5) is 4.31. The first kappa shape index (κ1) is 14.6. The van der Waals surface area contributed by atoms with Crippen molar-refractivity contribution >= 4 is 5.96 Å². The Hall–Kier alpha value is -1.51. The topological polar surface area (TPSA) is 50.4 Å². The summed E-state index contributed by atoms with van der Waals surface area (Å²) in [7, 11) is 0. The molecule has 0 radical (unpaired) electrons. The number of aliphatic imine (C=N–C) groups is 1. The Labute approximate surface area is 111 Å². The molecule has 0 aromatic heterocycles. The van der Waals surface area contributed by atoms with Gasteiger partial charge in [-0.1, -0.05) is 52.0 Å². The van der Waals surface area contributed by atoms with Crippen molar-refractivity contribution in [1.29, 1.82) is 0 Å². The zero-order valence-corrected chi connectivity index (χ0v) is 12.0. The van der Waals surface area contributed by atoms with E-state index in [1.54, 1.807) is 0 Å². The predicted octanol–water partition coefficient (Wildman–Crippen LogP) is 2.80. The van der Waals surface area contributed by atoms with Crippen LogP contribution in [0.25, 0.3) is 0 Å². The van der Waals surface area contributed by atoms with Crippen LogP contribution in [-0.2, 0) is 12.0 Å². The van der Waals surface area contributed by atoms with E-state index in [0.29, 0.717) is 12.5 Å². The van der Waals surface area contributed by atoms with Crippen LogP contribution in [-0.4, -0.2) is 12.5 Å². The maximum Gasteiger partial charge on any atom is 0.188 e. The van der Waals surface area contributed by atoms with E-state index in [4.69, 9.17) is 5.73 Å². The molecule has 0 amide bonds. The molecular formula is C15H25N3. The number of guanidine groups is 1. The molecule has 0 aliphatic rings. The lowest BCUT2D eigenvalue weighted by atomic mass is 9.87. The molecule has 0 fully saturated rings. The van der Waals surface area contributed by atoms with Gasteiger partial charge in [0, 0.05) is 6.54 Å². The molecule has 0 aliphatic heterocycles. The highest BCUT2D eigenvalue weighted by Gasteiger charge is 2.12. The molecule has 0 unspecified atom stereocenters. The Balaban J connectivity index is 2.59. The third-order valence-electron chi connectivity index (χ3n) is 2.81. The first-order valence-electron chi connectivity index (χ1n) is 6.56. The molecule has 0 saturated heterocycles. The van der Waals surface area contributed by atoms with Gasteiger partial charge in [0.1, 0.15) is 0 Å². The van der Waals surface area contributed by atoms with E-state index < -0.39 is 0 Å². The summed E-state index contributed by atoms with van der Waals surface area (Å²) < 4.78 is 0. The molecule has 3 N–H and O–H groups in total. The highest BCUT2D eigenvalue weighted by Crippen LogP contribution is 2.22. The molecule has 0 saturated carbocycles. The Kier molecular flexibility index (Phi) is 5.20. The average molecular weight is 247 g/mol. The van der Waals surface area contributed by atoms with E-state index in [9.17, 15) is 0 Å². The van der Waals surface area contributed by atoms with Gasteiger partial charge in [0.15, 0.2) is 5.96 Å². The predicted molar refractivity (Wildman–Crippen MR) is 78.8 cm³/mol. The van der Waals surface area contributed by atoms with Crippen molar-refractivity contribution in [2.24, 2.45) is 10.7 Å². The zero-order chi connectivity index (χ0) is 13.6. The highest BCUT2D eigenvalue weighted by molar-refractivity contribution is 5.77. The SMILES string of the molecule is CCCNC(N)=NCc1ccc(C(C)(C)C)cc1. The quantitative estimate of drug-likeness (QED) is 0.635. The molecule has 1 rings (SSSR count). The molecule has 3 heteroatoms. The fraction of sp³-hybridized carbons (Fsp3) is 0.533. The summed E-state index contributed by atoms with van der Waals surface area (Å²) in [6, 6.07) is 8.58. The Morgan fingerprint density at radius 1 is 1.22 bits per heavy atom. The van der Waals surface area contributed by atoms with Crippen LogP contribution in [0.1, 0.15) is 45.2 Å². The van der Waals surface area contributed by atoms with Crippen molar-refractivity contribution in [2.75, 3.05) is 6.54 Å². The summed E-state index contributed by atoms with van der Waals surface area (Å²) in [6.45, 7) is 10.3. The summed E-state index contributed by atoms with van der Waals surface area (Å²) in [5, 5.41) is 3.07. The number of hydrogen-bond acceptors (Lipinski definition) is 1. The summed E-state index contributed by atoms with van der Waals surface area (Å²) in [5.41, 5.74) is 8.47. The fourth-order valence-electron chi connectivity index (χ4n) is 1.60. The van der Waals surface area contributed by atoms with Crippen molar-refractivity contribution in [1.82, 2.24) is 5.32 Å². The van der Waals surface area contributed by atoms with E-state index in [0.717, 1.165) is 13.0 Å². The van der Waals surface area contributed by atoms with Gasteiger partial charge < -0.3 is 11.1 Å². The van der Waals surface area contributed by atoms with Crippen molar-refractivity contribution in [3.63, 3.8) is 0 Å². The normalized spacial score (nSPS) is 12.6. The third-order valence-corrected chi connectivity index (χ3v) is 2.81. The molecule has 0 spiro atoms. The van der Waals surface area contributed by atoms with E-state index in [2.05, 4.69) is 62.3 Å². The number of rotatable bonds is 4. The molecule has 0 bridgehead atoms. The zero-order valence-electron chi connectivity index (χ0n) is 12.0. The fourth-order valence-corrected chi connectivity index (χ4v) is 1.60. The van der Waals surface area contributed by atoms with Crippen LogP contribution < -0.4 is 11.1 Å². The second-order valence-corrected chi connectivity index (χ2v) is 5.58. The Bertz CT molecular complexity index is 385. The number of nitrogens with two attached hydrogens (primary N) is 1. The van der Waals surface area contributed by atoms with Crippen LogP contribution in [0.5, 0.6) is 0 Å². The van der Waals surface area contributed by atoms with Gasteiger partial charge in [0.05, 0.1) is 6.54 Å². The lowest BCUT2D eigenvalue weighted by Crippen LogP contribution is -2.32. The van der Waals surface area contributed by atoms with Crippen molar-refractivity contribution in [2.45, 2.75) is 46.1 Å². The van der Waals surface area contributed by atoms with Crippen molar-refractivity contribution in [3.8, 4) is 0 Å². The monoisotopic (exact) mass is 247 g/mol. The minimum absolute atomic E-state index is 0.198. The van der Waals surface area contributed by atoms with Crippen molar-refractivity contribution < 1.29 is 0 Å². The first-order chi connectivity index (χ1) is 8.43. The highest BCUT2D eigenvalue weighted by atomic mass is 15.1. The molecule has 18 heavy (non-hydrogen) atoms. The van der Waals surface area contributed by atoms with Crippen LogP contribution in [0.4, 0.5) is 0 Å². The van der Waals surface area contributed by atoms with Gasteiger partial charge in [-0.15, -0.1) is 0 Å². The summed E-state index contributed by atoms with van der Waals surface area (Å²) in [5.74, 6) is 0.525. The number of nitrogens with one attached hydrogen (secondary N) is 1. The summed E-state index contributed by atoms with van der Waals surface area (Å²) >= 11 is 0. The number of hydrogen-bond donors (Lipinski definition) is 2. The van der Waals surface area contributed by atoms with Crippen LogP contribution in [0, 0.1) is 0 Å². The second-order valence-electron chi connectivity index (χ2n) is 5.58. The minimum Gasteiger partial charge on any atom is -0.370 e.